The lowest BCUT2D eigenvalue weighted by Crippen LogP contribution is -2.38. The highest BCUT2D eigenvalue weighted by atomic mass is 19.1. The summed E-state index contributed by atoms with van der Waals surface area (Å²) in [5, 5.41) is 2.88. The summed E-state index contributed by atoms with van der Waals surface area (Å²) in [4.78, 5) is 17.0. The van der Waals surface area contributed by atoms with E-state index >= 15 is 0 Å². The Labute approximate surface area is 146 Å². The van der Waals surface area contributed by atoms with E-state index in [1.807, 2.05) is 17.8 Å². The summed E-state index contributed by atoms with van der Waals surface area (Å²) in [6, 6.07) is 4.25. The fourth-order valence-corrected chi connectivity index (χ4v) is 3.15. The molecule has 25 heavy (non-hydrogen) atoms. The molecule has 1 aromatic carbocycles. The zero-order valence-electron chi connectivity index (χ0n) is 14.4. The van der Waals surface area contributed by atoms with Crippen molar-refractivity contribution in [2.75, 3.05) is 13.7 Å². The van der Waals surface area contributed by atoms with Gasteiger partial charge in [0.15, 0.2) is 0 Å². The van der Waals surface area contributed by atoms with E-state index in [2.05, 4.69) is 10.3 Å². The van der Waals surface area contributed by atoms with Crippen LogP contribution in [0.5, 0.6) is 5.75 Å². The number of aromatic nitrogens is 2. The number of nitrogens with one attached hydrogen (secondary N) is 1. The molecule has 7 heteroatoms. The molecule has 1 aromatic heterocycles. The van der Waals surface area contributed by atoms with Crippen molar-refractivity contribution in [1.29, 1.82) is 0 Å². The average molecular weight is 347 g/mol. The van der Waals surface area contributed by atoms with Crippen molar-refractivity contribution in [2.45, 2.75) is 25.5 Å². The van der Waals surface area contributed by atoms with Gasteiger partial charge in [-0.2, -0.15) is 0 Å². The molecule has 1 N–H and O–H groups in total. The largest absolute Gasteiger partial charge is 0.496 e. The van der Waals surface area contributed by atoms with Gasteiger partial charge in [-0.1, -0.05) is 0 Å². The Kier molecular flexibility index (Phi) is 5.33. The first-order valence-corrected chi connectivity index (χ1v) is 8.29. The number of rotatable bonds is 5. The maximum atomic E-state index is 13.5. The third-order valence-corrected chi connectivity index (χ3v) is 4.47. The van der Waals surface area contributed by atoms with Crippen LogP contribution in [0.2, 0.25) is 0 Å². The predicted octanol–water partition coefficient (Wildman–Crippen LogP) is 2.35. The second kappa shape index (κ2) is 7.65. The van der Waals surface area contributed by atoms with Gasteiger partial charge >= 0.3 is 0 Å². The van der Waals surface area contributed by atoms with Crippen molar-refractivity contribution in [3.63, 3.8) is 0 Å². The highest BCUT2D eigenvalue weighted by molar-refractivity contribution is 5.79. The van der Waals surface area contributed by atoms with E-state index in [1.54, 1.807) is 12.3 Å². The van der Waals surface area contributed by atoms with Crippen LogP contribution in [0.4, 0.5) is 4.39 Å². The van der Waals surface area contributed by atoms with Crippen molar-refractivity contribution in [3.05, 3.63) is 47.8 Å². The van der Waals surface area contributed by atoms with Crippen molar-refractivity contribution >= 4 is 5.91 Å². The molecule has 0 aliphatic carbocycles. The van der Waals surface area contributed by atoms with Gasteiger partial charge in [0.25, 0.3) is 0 Å². The van der Waals surface area contributed by atoms with Crippen LogP contribution >= 0.6 is 0 Å². The second-order valence-corrected chi connectivity index (χ2v) is 6.11. The molecule has 0 radical (unpaired) electrons. The van der Waals surface area contributed by atoms with Crippen molar-refractivity contribution in [2.24, 2.45) is 13.0 Å². The summed E-state index contributed by atoms with van der Waals surface area (Å²) >= 11 is 0. The Balaban J connectivity index is 1.71. The minimum Gasteiger partial charge on any atom is -0.496 e. The Morgan fingerprint density at radius 2 is 2.36 bits per heavy atom. The lowest BCUT2D eigenvalue weighted by molar-refractivity contribution is -0.135. The van der Waals surface area contributed by atoms with Crippen LogP contribution in [-0.2, 0) is 23.1 Å². The van der Waals surface area contributed by atoms with E-state index in [9.17, 15) is 9.18 Å². The molecule has 1 aliphatic heterocycles. The number of halogens is 1. The van der Waals surface area contributed by atoms with Crippen LogP contribution < -0.4 is 10.1 Å². The molecule has 2 heterocycles. The maximum absolute atomic E-state index is 13.5. The summed E-state index contributed by atoms with van der Waals surface area (Å²) in [7, 11) is 3.40. The van der Waals surface area contributed by atoms with Crippen LogP contribution in [0.25, 0.3) is 0 Å². The third-order valence-electron chi connectivity index (χ3n) is 4.47. The summed E-state index contributed by atoms with van der Waals surface area (Å²) in [6.45, 7) is 0.808. The molecule has 1 amide bonds. The van der Waals surface area contributed by atoms with Gasteiger partial charge in [-0.05, 0) is 31.0 Å². The number of carbonyl (C=O) groups is 1. The summed E-state index contributed by atoms with van der Waals surface area (Å²) in [5.74, 6) is 0.468. The van der Waals surface area contributed by atoms with Crippen LogP contribution in [0.15, 0.2) is 30.6 Å². The van der Waals surface area contributed by atoms with Crippen LogP contribution in [0, 0.1) is 11.7 Å². The molecule has 3 rings (SSSR count). The molecule has 1 fully saturated rings. The predicted molar refractivity (Wildman–Crippen MR) is 89.4 cm³/mol. The lowest BCUT2D eigenvalue weighted by atomic mass is 9.92. The standard InChI is InChI=1S/C18H22FN3O3/c1-22-8-7-20-17(22)16-14(4-3-9-25-16)18(23)21-11-12-10-13(19)5-6-15(12)24-2/h5-8,10,14,16H,3-4,9,11H2,1-2H3,(H,21,23)/t14-,16-/m1/s1. The number of aryl methyl sites for hydroxylation is 1. The normalized spacial score (nSPS) is 20.3. The Hall–Kier alpha value is -2.41. The fraction of sp³-hybridized carbons (Fsp3) is 0.444. The van der Waals surface area contributed by atoms with Gasteiger partial charge in [0, 0.05) is 38.2 Å². The first-order chi connectivity index (χ1) is 12.1. The quantitative estimate of drug-likeness (QED) is 0.902. The monoisotopic (exact) mass is 347 g/mol. The molecule has 0 spiro atoms. The Bertz CT molecular complexity index is 747. The molecule has 1 aliphatic rings. The summed E-state index contributed by atoms with van der Waals surface area (Å²) in [5.41, 5.74) is 0.598. The molecular weight excluding hydrogens is 325 g/mol. The topological polar surface area (TPSA) is 65.4 Å². The molecule has 0 unspecified atom stereocenters. The van der Waals surface area contributed by atoms with Gasteiger partial charge in [0.1, 0.15) is 23.5 Å². The van der Waals surface area contributed by atoms with Crippen molar-refractivity contribution in [3.8, 4) is 5.75 Å². The van der Waals surface area contributed by atoms with E-state index in [0.29, 0.717) is 17.9 Å². The van der Waals surface area contributed by atoms with E-state index in [4.69, 9.17) is 9.47 Å². The second-order valence-electron chi connectivity index (χ2n) is 6.11. The van der Waals surface area contributed by atoms with Crippen molar-refractivity contribution < 1.29 is 18.7 Å². The van der Waals surface area contributed by atoms with Gasteiger partial charge in [-0.3, -0.25) is 4.79 Å². The van der Waals surface area contributed by atoms with E-state index in [1.165, 1.54) is 19.2 Å². The number of amides is 1. The number of imidazole rings is 1. The molecule has 6 nitrogen and oxygen atoms in total. The average Bonchev–Trinajstić information content (AvgIpc) is 3.05. The van der Waals surface area contributed by atoms with Crippen LogP contribution in [0.1, 0.15) is 30.3 Å². The minimum atomic E-state index is -0.372. The third kappa shape index (κ3) is 3.82. The Morgan fingerprint density at radius 1 is 1.52 bits per heavy atom. The highest BCUT2D eigenvalue weighted by Gasteiger charge is 2.35. The first-order valence-electron chi connectivity index (χ1n) is 8.29. The van der Waals surface area contributed by atoms with Gasteiger partial charge in [-0.25, -0.2) is 9.37 Å². The number of benzene rings is 1. The molecule has 0 bridgehead atoms. The number of hydrogen-bond acceptors (Lipinski definition) is 4. The smallest absolute Gasteiger partial charge is 0.226 e. The lowest BCUT2D eigenvalue weighted by Gasteiger charge is -2.30. The summed E-state index contributed by atoms with van der Waals surface area (Å²) < 4.78 is 26.4. The molecule has 1 saturated heterocycles. The van der Waals surface area contributed by atoms with Gasteiger partial charge in [0.2, 0.25) is 5.91 Å². The number of methoxy groups -OCH3 is 1. The van der Waals surface area contributed by atoms with Gasteiger partial charge in [0.05, 0.1) is 13.0 Å². The van der Waals surface area contributed by atoms with Crippen LogP contribution in [-0.4, -0.2) is 29.2 Å². The van der Waals surface area contributed by atoms with Gasteiger partial charge in [-0.15, -0.1) is 0 Å². The number of hydrogen-bond donors (Lipinski definition) is 1. The molecule has 2 atom stereocenters. The van der Waals surface area contributed by atoms with E-state index < -0.39 is 0 Å². The SMILES string of the molecule is COc1ccc(F)cc1CNC(=O)[C@@H]1CCCO[C@H]1c1nccn1C. The van der Waals surface area contributed by atoms with Crippen LogP contribution in [0.3, 0.4) is 0 Å². The zero-order valence-corrected chi connectivity index (χ0v) is 14.4. The zero-order chi connectivity index (χ0) is 17.8. The minimum absolute atomic E-state index is 0.126. The van der Waals surface area contributed by atoms with Gasteiger partial charge < -0.3 is 19.4 Å². The Morgan fingerprint density at radius 3 is 3.08 bits per heavy atom. The van der Waals surface area contributed by atoms with Crippen molar-refractivity contribution in [1.82, 2.24) is 14.9 Å². The number of nitrogens with zero attached hydrogens (tertiary/aromatic N) is 2. The first kappa shape index (κ1) is 17.4. The summed E-state index contributed by atoms with van der Waals surface area (Å²) in [6.07, 6.45) is 4.70. The molecule has 134 valence electrons. The van der Waals surface area contributed by atoms with E-state index in [-0.39, 0.29) is 30.3 Å². The molecule has 0 saturated carbocycles. The number of ether oxygens (including phenoxy) is 2. The van der Waals surface area contributed by atoms with E-state index in [0.717, 1.165) is 18.7 Å². The highest BCUT2D eigenvalue weighted by Crippen LogP contribution is 2.33. The number of carbonyl (C=O) groups excluding carboxylic acids is 1. The fourth-order valence-electron chi connectivity index (χ4n) is 3.15. The maximum Gasteiger partial charge on any atom is 0.226 e. The molecular formula is C18H22FN3O3. The molecule has 2 aromatic rings.